The summed E-state index contributed by atoms with van der Waals surface area (Å²) in [5, 5.41) is 4.95. The lowest BCUT2D eigenvalue weighted by Gasteiger charge is -2.19. The molecule has 0 saturated carbocycles. The molecule has 9 heteroatoms. The third kappa shape index (κ3) is 7.25. The summed E-state index contributed by atoms with van der Waals surface area (Å²) in [6.07, 6.45) is 2.14. The largest absolute Gasteiger partial charge is 0.461 e. The van der Waals surface area contributed by atoms with Gasteiger partial charge in [0.2, 0.25) is 11.1 Å². The van der Waals surface area contributed by atoms with E-state index in [4.69, 9.17) is 9.72 Å². The van der Waals surface area contributed by atoms with Crippen molar-refractivity contribution in [3.05, 3.63) is 78.4 Å². The highest BCUT2D eigenvalue weighted by Crippen LogP contribution is 2.31. The van der Waals surface area contributed by atoms with Crippen LogP contribution in [0.5, 0.6) is 6.01 Å². The zero-order valence-corrected chi connectivity index (χ0v) is 24.1. The molecule has 5 rings (SSSR count). The van der Waals surface area contributed by atoms with E-state index in [1.807, 2.05) is 6.07 Å². The fourth-order valence-corrected chi connectivity index (χ4v) is 5.58. The number of nitrogens with one attached hydrogen (secondary N) is 1. The summed E-state index contributed by atoms with van der Waals surface area (Å²) in [5.41, 5.74) is 4.49. The molecule has 0 amide bonds. The van der Waals surface area contributed by atoms with Crippen LogP contribution < -0.4 is 15.0 Å². The fraction of sp³-hybridized carbons (Fsp3) is 0.267. The Morgan fingerprint density at radius 3 is 2.49 bits per heavy atom. The van der Waals surface area contributed by atoms with Crippen LogP contribution in [0.25, 0.3) is 20.8 Å². The number of aryl methyl sites for hydroxylation is 1. The van der Waals surface area contributed by atoms with Gasteiger partial charge in [-0.1, -0.05) is 43.2 Å². The third-order valence-corrected chi connectivity index (χ3v) is 8.10. The molecule has 2 aromatic heterocycles. The lowest BCUT2D eigenvalue weighted by Crippen LogP contribution is -2.24. The highest BCUT2D eigenvalue weighted by atomic mass is 32.2. The van der Waals surface area contributed by atoms with Crippen molar-refractivity contribution in [2.45, 2.75) is 36.7 Å². The van der Waals surface area contributed by atoms with E-state index in [0.29, 0.717) is 30.3 Å². The molecule has 200 valence electrons. The second-order valence-corrected chi connectivity index (χ2v) is 11.3. The van der Waals surface area contributed by atoms with Crippen LogP contribution in [0.1, 0.15) is 25.3 Å². The molecule has 0 fully saturated rings. The predicted octanol–water partition coefficient (Wildman–Crippen LogP) is 7.34. The van der Waals surface area contributed by atoms with Gasteiger partial charge in [0.05, 0.1) is 16.8 Å². The standard InChI is InChI=1S/C30H32N6OS2/c1-4-5-18-31-28-33-29(35-30(34-28)38-24-16-10-21(2)11-17-24)37-20-19-36(3)23-14-12-22(13-15-23)27-32-25-8-6-7-9-26(25)39-27/h6-17H,4-5,18-20H2,1-3H3,(H,31,33,34,35). The topological polar surface area (TPSA) is 76.1 Å². The molecule has 0 radical (unpaired) electrons. The Balaban J connectivity index is 1.21. The van der Waals surface area contributed by atoms with Crippen molar-refractivity contribution in [3.63, 3.8) is 0 Å². The van der Waals surface area contributed by atoms with E-state index in [9.17, 15) is 0 Å². The van der Waals surface area contributed by atoms with Gasteiger partial charge in [0, 0.05) is 29.7 Å². The Labute approximate surface area is 237 Å². The number of nitrogens with zero attached hydrogens (tertiary/aromatic N) is 5. The van der Waals surface area contributed by atoms with Crippen LogP contribution in [0.15, 0.2) is 82.8 Å². The minimum Gasteiger partial charge on any atom is -0.461 e. The molecule has 1 N–H and O–H groups in total. The number of ether oxygens (including phenoxy) is 1. The third-order valence-electron chi connectivity index (χ3n) is 6.14. The Bertz CT molecular complexity index is 1470. The Kier molecular flexibility index (Phi) is 8.90. The first-order valence-corrected chi connectivity index (χ1v) is 14.7. The van der Waals surface area contributed by atoms with Crippen molar-refractivity contribution in [3.8, 4) is 16.6 Å². The molecular weight excluding hydrogens is 525 g/mol. The first-order chi connectivity index (χ1) is 19.1. The van der Waals surface area contributed by atoms with Crippen LogP contribution in [0.3, 0.4) is 0 Å². The molecule has 0 saturated heterocycles. The van der Waals surface area contributed by atoms with E-state index in [-0.39, 0.29) is 0 Å². The van der Waals surface area contributed by atoms with E-state index >= 15 is 0 Å². The molecule has 7 nitrogen and oxygen atoms in total. The second kappa shape index (κ2) is 12.9. The molecule has 0 aliphatic heterocycles. The minimum atomic E-state index is 0.332. The van der Waals surface area contributed by atoms with Crippen molar-refractivity contribution in [1.82, 2.24) is 19.9 Å². The predicted molar refractivity (Wildman–Crippen MR) is 162 cm³/mol. The van der Waals surface area contributed by atoms with E-state index in [0.717, 1.165) is 46.1 Å². The van der Waals surface area contributed by atoms with Gasteiger partial charge in [-0.2, -0.15) is 15.0 Å². The number of fused-ring (bicyclic) bond motifs is 1. The number of rotatable bonds is 12. The van der Waals surface area contributed by atoms with Crippen molar-refractivity contribution < 1.29 is 4.74 Å². The first-order valence-electron chi connectivity index (χ1n) is 13.1. The monoisotopic (exact) mass is 556 g/mol. The molecule has 0 spiro atoms. The number of hydrogen-bond donors (Lipinski definition) is 1. The van der Waals surface area contributed by atoms with Gasteiger partial charge < -0.3 is 15.0 Å². The first kappa shape index (κ1) is 26.9. The zero-order chi connectivity index (χ0) is 27.0. The molecular formula is C30H32N6OS2. The summed E-state index contributed by atoms with van der Waals surface area (Å²) in [6.45, 7) is 6.18. The lowest BCUT2D eigenvalue weighted by molar-refractivity contribution is 0.296. The maximum atomic E-state index is 6.00. The molecule has 0 unspecified atom stereocenters. The summed E-state index contributed by atoms with van der Waals surface area (Å²) in [4.78, 5) is 21.7. The van der Waals surface area contributed by atoms with Gasteiger partial charge in [0.25, 0.3) is 0 Å². The molecule has 0 bridgehead atoms. The number of likely N-dealkylation sites (N-methyl/N-ethyl adjacent to an activating group) is 1. The van der Waals surface area contributed by atoms with Crippen molar-refractivity contribution >= 4 is 45.0 Å². The average molecular weight is 557 g/mol. The maximum Gasteiger partial charge on any atom is 0.322 e. The molecule has 3 aromatic carbocycles. The number of anilines is 2. The highest BCUT2D eigenvalue weighted by Gasteiger charge is 2.11. The molecule has 2 heterocycles. The average Bonchev–Trinajstić information content (AvgIpc) is 3.39. The maximum absolute atomic E-state index is 6.00. The lowest BCUT2D eigenvalue weighted by atomic mass is 10.2. The van der Waals surface area contributed by atoms with Gasteiger partial charge in [0.15, 0.2) is 0 Å². The number of thiazole rings is 1. The summed E-state index contributed by atoms with van der Waals surface area (Å²) in [6, 6.07) is 25.4. The minimum absolute atomic E-state index is 0.332. The van der Waals surface area contributed by atoms with Gasteiger partial charge in [-0.3, -0.25) is 0 Å². The van der Waals surface area contributed by atoms with Gasteiger partial charge in [0.1, 0.15) is 11.6 Å². The number of hydrogen-bond acceptors (Lipinski definition) is 9. The molecule has 0 aliphatic carbocycles. The van der Waals surface area contributed by atoms with Crippen LogP contribution in [0, 0.1) is 6.92 Å². The van der Waals surface area contributed by atoms with E-state index < -0.39 is 0 Å². The van der Waals surface area contributed by atoms with Crippen LogP contribution in [-0.4, -0.2) is 46.7 Å². The summed E-state index contributed by atoms with van der Waals surface area (Å²) in [7, 11) is 2.06. The van der Waals surface area contributed by atoms with Gasteiger partial charge in [-0.05, 0) is 73.6 Å². The van der Waals surface area contributed by atoms with Crippen molar-refractivity contribution in [2.24, 2.45) is 0 Å². The van der Waals surface area contributed by atoms with Gasteiger partial charge in [-0.25, -0.2) is 4.98 Å². The second-order valence-electron chi connectivity index (χ2n) is 9.22. The number of unbranched alkanes of at least 4 members (excludes halogenated alkanes) is 1. The van der Waals surface area contributed by atoms with Gasteiger partial charge >= 0.3 is 6.01 Å². The van der Waals surface area contributed by atoms with Gasteiger partial charge in [-0.15, -0.1) is 11.3 Å². The molecule has 0 aliphatic rings. The molecule has 0 atom stereocenters. The van der Waals surface area contributed by atoms with Crippen LogP contribution >= 0.6 is 23.1 Å². The van der Waals surface area contributed by atoms with Crippen LogP contribution in [0.4, 0.5) is 11.6 Å². The van der Waals surface area contributed by atoms with Crippen LogP contribution in [0.2, 0.25) is 0 Å². The normalized spacial score (nSPS) is 11.1. The van der Waals surface area contributed by atoms with Crippen LogP contribution in [-0.2, 0) is 0 Å². The zero-order valence-electron chi connectivity index (χ0n) is 22.4. The smallest absolute Gasteiger partial charge is 0.322 e. The van der Waals surface area contributed by atoms with E-state index in [2.05, 4.69) is 113 Å². The Hall–Kier alpha value is -3.69. The van der Waals surface area contributed by atoms with Crippen molar-refractivity contribution in [1.29, 1.82) is 0 Å². The Morgan fingerprint density at radius 2 is 1.72 bits per heavy atom. The fourth-order valence-electron chi connectivity index (χ4n) is 3.87. The number of para-hydroxylation sites is 1. The number of benzene rings is 3. The highest BCUT2D eigenvalue weighted by molar-refractivity contribution is 7.99. The summed E-state index contributed by atoms with van der Waals surface area (Å²) < 4.78 is 7.21. The number of aromatic nitrogens is 4. The quantitative estimate of drug-likeness (QED) is 0.160. The summed E-state index contributed by atoms with van der Waals surface area (Å²) in [5.74, 6) is 0.543. The summed E-state index contributed by atoms with van der Waals surface area (Å²) >= 11 is 3.22. The SMILES string of the molecule is CCCCNc1nc(OCCN(C)c2ccc(-c3nc4ccccc4s3)cc2)nc(Sc2ccc(C)cc2)n1. The Morgan fingerprint density at radius 1 is 0.923 bits per heavy atom. The van der Waals surface area contributed by atoms with Crippen molar-refractivity contribution in [2.75, 3.05) is 37.0 Å². The van der Waals surface area contributed by atoms with E-state index in [1.54, 1.807) is 11.3 Å². The molecule has 39 heavy (non-hydrogen) atoms. The molecule has 5 aromatic rings. The van der Waals surface area contributed by atoms with E-state index in [1.165, 1.54) is 22.0 Å².